The molecule has 0 aliphatic carbocycles. The average molecular weight is 423 g/mol. The van der Waals surface area contributed by atoms with Crippen LogP contribution in [0.1, 0.15) is 162 Å². The van der Waals surface area contributed by atoms with Gasteiger partial charge in [0.05, 0.1) is 0 Å². The van der Waals surface area contributed by atoms with Crippen LogP contribution in [0.5, 0.6) is 0 Å². The van der Waals surface area contributed by atoms with Gasteiger partial charge >= 0.3 is 5.97 Å². The summed E-state index contributed by atoms with van der Waals surface area (Å²) in [6, 6.07) is 0. The number of carboxylic acids is 1. The standard InChI is InChI=1S/C28H54O2/c1-4-6-8-10-12-14-15-16-17-19-21-23-25-27(26(3)28(29)30)24-22-20-18-13-11-9-7-5-2/h4-25H2,1-3H3,(H,29,30). The minimum absolute atomic E-state index is 0.612. The van der Waals surface area contributed by atoms with Crippen LogP contribution in [0.25, 0.3) is 0 Å². The molecule has 0 aromatic rings. The quantitative estimate of drug-likeness (QED) is 0.131. The second-order valence-electron chi connectivity index (χ2n) is 9.40. The fourth-order valence-corrected chi connectivity index (χ4v) is 4.30. The first kappa shape index (κ1) is 29.2. The van der Waals surface area contributed by atoms with Crippen LogP contribution < -0.4 is 0 Å². The van der Waals surface area contributed by atoms with Gasteiger partial charge in [-0.05, 0) is 32.6 Å². The third kappa shape index (κ3) is 19.2. The van der Waals surface area contributed by atoms with Gasteiger partial charge in [0.1, 0.15) is 0 Å². The molecule has 1 N–H and O–H groups in total. The van der Waals surface area contributed by atoms with E-state index in [0.717, 1.165) is 25.7 Å². The first-order valence-electron chi connectivity index (χ1n) is 13.5. The molecule has 0 spiro atoms. The van der Waals surface area contributed by atoms with Gasteiger partial charge in [-0.1, -0.05) is 135 Å². The van der Waals surface area contributed by atoms with E-state index in [1.54, 1.807) is 0 Å². The van der Waals surface area contributed by atoms with E-state index in [4.69, 9.17) is 0 Å². The van der Waals surface area contributed by atoms with Crippen molar-refractivity contribution in [1.29, 1.82) is 0 Å². The van der Waals surface area contributed by atoms with Crippen molar-refractivity contribution in [2.45, 2.75) is 162 Å². The fraction of sp³-hybridized carbons (Fsp3) is 0.893. The summed E-state index contributed by atoms with van der Waals surface area (Å²) in [6.45, 7) is 6.34. The SMILES string of the molecule is CCCCCCCCCCCCCCC(CCCCCCCCCC)=C(C)C(=O)O. The van der Waals surface area contributed by atoms with Gasteiger partial charge in [-0.2, -0.15) is 0 Å². The van der Waals surface area contributed by atoms with Crippen molar-refractivity contribution < 1.29 is 9.90 Å². The van der Waals surface area contributed by atoms with E-state index in [-0.39, 0.29) is 0 Å². The van der Waals surface area contributed by atoms with Gasteiger partial charge in [-0.3, -0.25) is 0 Å². The lowest BCUT2D eigenvalue weighted by molar-refractivity contribution is -0.132. The summed E-state index contributed by atoms with van der Waals surface area (Å²) in [5.41, 5.74) is 1.82. The molecule has 0 aliphatic rings. The number of rotatable bonds is 23. The number of hydrogen-bond acceptors (Lipinski definition) is 1. The van der Waals surface area contributed by atoms with Crippen LogP contribution in [-0.2, 0) is 4.79 Å². The van der Waals surface area contributed by atoms with Crippen molar-refractivity contribution in [3.8, 4) is 0 Å². The molecule has 0 rings (SSSR count). The van der Waals surface area contributed by atoms with Gasteiger partial charge in [-0.25, -0.2) is 4.79 Å². The van der Waals surface area contributed by atoms with Crippen molar-refractivity contribution in [2.75, 3.05) is 0 Å². The summed E-state index contributed by atoms with van der Waals surface area (Å²) in [5.74, 6) is -0.719. The van der Waals surface area contributed by atoms with Crippen LogP contribution in [0.2, 0.25) is 0 Å². The number of hydrogen-bond donors (Lipinski definition) is 1. The maximum Gasteiger partial charge on any atom is 0.331 e. The lowest BCUT2D eigenvalue weighted by Gasteiger charge is -2.11. The third-order valence-electron chi connectivity index (χ3n) is 6.52. The molecular formula is C28H54O2. The Morgan fingerprint density at radius 1 is 0.500 bits per heavy atom. The Hall–Kier alpha value is -0.790. The zero-order valence-electron chi connectivity index (χ0n) is 20.9. The summed E-state index contributed by atoms with van der Waals surface area (Å²) in [5, 5.41) is 9.41. The Labute approximate surface area is 189 Å². The van der Waals surface area contributed by atoms with Crippen LogP contribution in [0, 0.1) is 0 Å². The van der Waals surface area contributed by atoms with Gasteiger partial charge in [0.25, 0.3) is 0 Å². The number of unbranched alkanes of at least 4 members (excludes halogenated alkanes) is 18. The maximum absolute atomic E-state index is 11.4. The first-order chi connectivity index (χ1) is 14.6. The Morgan fingerprint density at radius 2 is 0.767 bits per heavy atom. The van der Waals surface area contributed by atoms with Crippen molar-refractivity contribution in [3.05, 3.63) is 11.1 Å². The minimum atomic E-state index is -0.719. The highest BCUT2D eigenvalue weighted by Crippen LogP contribution is 2.22. The van der Waals surface area contributed by atoms with Gasteiger partial charge in [-0.15, -0.1) is 0 Å². The van der Waals surface area contributed by atoms with Crippen LogP contribution in [0.15, 0.2) is 11.1 Å². The molecule has 0 saturated heterocycles. The van der Waals surface area contributed by atoms with E-state index in [0.29, 0.717) is 5.57 Å². The van der Waals surface area contributed by atoms with Gasteiger partial charge in [0, 0.05) is 5.57 Å². The molecule has 30 heavy (non-hydrogen) atoms. The lowest BCUT2D eigenvalue weighted by atomic mass is 9.95. The molecule has 0 saturated carbocycles. The van der Waals surface area contributed by atoms with E-state index in [1.165, 1.54) is 121 Å². The van der Waals surface area contributed by atoms with Gasteiger partial charge in [0.2, 0.25) is 0 Å². The van der Waals surface area contributed by atoms with Crippen LogP contribution >= 0.6 is 0 Å². The maximum atomic E-state index is 11.4. The molecule has 0 unspecified atom stereocenters. The van der Waals surface area contributed by atoms with Crippen LogP contribution in [-0.4, -0.2) is 11.1 Å². The van der Waals surface area contributed by atoms with Crippen molar-refractivity contribution in [3.63, 3.8) is 0 Å². The molecule has 0 amide bonds. The molecule has 0 fully saturated rings. The summed E-state index contributed by atoms with van der Waals surface area (Å²) in [4.78, 5) is 11.4. The Kier molecular flexibility index (Phi) is 22.3. The van der Waals surface area contributed by atoms with Crippen LogP contribution in [0.3, 0.4) is 0 Å². The fourth-order valence-electron chi connectivity index (χ4n) is 4.30. The van der Waals surface area contributed by atoms with E-state index < -0.39 is 5.97 Å². The molecule has 0 atom stereocenters. The van der Waals surface area contributed by atoms with E-state index in [1.807, 2.05) is 6.92 Å². The van der Waals surface area contributed by atoms with Crippen LogP contribution in [0.4, 0.5) is 0 Å². The highest BCUT2D eigenvalue weighted by molar-refractivity contribution is 5.86. The Bertz CT molecular complexity index is 411. The van der Waals surface area contributed by atoms with Gasteiger partial charge in [0.15, 0.2) is 0 Å². The molecule has 0 aliphatic heterocycles. The largest absolute Gasteiger partial charge is 0.478 e. The number of aliphatic carboxylic acids is 1. The highest BCUT2D eigenvalue weighted by Gasteiger charge is 2.09. The Morgan fingerprint density at radius 3 is 1.03 bits per heavy atom. The summed E-state index contributed by atoms with van der Waals surface area (Å²) in [7, 11) is 0. The average Bonchev–Trinajstić information content (AvgIpc) is 2.74. The molecule has 0 bridgehead atoms. The number of carbonyl (C=O) groups is 1. The highest BCUT2D eigenvalue weighted by atomic mass is 16.4. The summed E-state index contributed by atoms with van der Waals surface area (Å²) < 4.78 is 0. The molecule has 178 valence electrons. The minimum Gasteiger partial charge on any atom is -0.478 e. The summed E-state index contributed by atoms with van der Waals surface area (Å²) >= 11 is 0. The predicted octanol–water partition coefficient (Wildman–Crippen LogP) is 10.0. The smallest absolute Gasteiger partial charge is 0.331 e. The lowest BCUT2D eigenvalue weighted by Crippen LogP contribution is -2.02. The molecule has 0 aromatic heterocycles. The van der Waals surface area contributed by atoms with E-state index in [2.05, 4.69) is 13.8 Å². The van der Waals surface area contributed by atoms with Gasteiger partial charge < -0.3 is 5.11 Å². The third-order valence-corrected chi connectivity index (χ3v) is 6.52. The summed E-state index contributed by atoms with van der Waals surface area (Å²) in [6.07, 6.45) is 28.7. The molecule has 0 radical (unpaired) electrons. The monoisotopic (exact) mass is 422 g/mol. The zero-order valence-corrected chi connectivity index (χ0v) is 20.9. The second kappa shape index (κ2) is 22.9. The van der Waals surface area contributed by atoms with E-state index >= 15 is 0 Å². The molecular weight excluding hydrogens is 368 g/mol. The normalized spacial score (nSPS) is 12.2. The Balaban J connectivity index is 3.78. The molecule has 0 aromatic carbocycles. The van der Waals surface area contributed by atoms with Crippen molar-refractivity contribution in [1.82, 2.24) is 0 Å². The van der Waals surface area contributed by atoms with E-state index in [9.17, 15) is 9.90 Å². The molecule has 0 heterocycles. The first-order valence-corrected chi connectivity index (χ1v) is 13.5. The molecule has 2 nitrogen and oxygen atoms in total. The topological polar surface area (TPSA) is 37.3 Å². The van der Waals surface area contributed by atoms with Crippen molar-refractivity contribution in [2.24, 2.45) is 0 Å². The van der Waals surface area contributed by atoms with Crippen molar-refractivity contribution >= 4 is 5.97 Å². The molecule has 2 heteroatoms. The number of allylic oxidation sites excluding steroid dienone is 1. The predicted molar refractivity (Wildman–Crippen MR) is 133 cm³/mol. The second-order valence-corrected chi connectivity index (χ2v) is 9.40. The zero-order chi connectivity index (χ0) is 22.3. The number of carboxylic acid groups (broad SMARTS) is 1.